The third-order valence-corrected chi connectivity index (χ3v) is 8.97. The summed E-state index contributed by atoms with van der Waals surface area (Å²) in [7, 11) is 0. The Hall–Kier alpha value is -6.00. The number of aromatic nitrogens is 3. The number of nitrogens with zero attached hydrogens (tertiary/aromatic N) is 3. The van der Waals surface area contributed by atoms with Crippen LogP contribution >= 0.6 is 0 Å². The Morgan fingerprint density at radius 2 is 1.18 bits per heavy atom. The van der Waals surface area contributed by atoms with E-state index in [-0.39, 0.29) is 0 Å². The monoisotopic (exact) mass is 561 g/mol. The molecular formula is C40H23N3O. The second-order valence-corrected chi connectivity index (χ2v) is 11.4. The van der Waals surface area contributed by atoms with Gasteiger partial charge >= 0.3 is 0 Å². The van der Waals surface area contributed by atoms with Crippen molar-refractivity contribution in [1.82, 2.24) is 14.5 Å². The van der Waals surface area contributed by atoms with Gasteiger partial charge in [0, 0.05) is 32.5 Å². The number of furan rings is 1. The van der Waals surface area contributed by atoms with Gasteiger partial charge in [0.25, 0.3) is 0 Å². The van der Waals surface area contributed by atoms with Gasteiger partial charge < -0.3 is 4.42 Å². The fourth-order valence-electron chi connectivity index (χ4n) is 6.99. The molecule has 3 heterocycles. The smallest absolute Gasteiger partial charge is 0.235 e. The van der Waals surface area contributed by atoms with E-state index in [1.165, 1.54) is 32.3 Å². The Morgan fingerprint density at radius 3 is 2.07 bits per heavy atom. The molecule has 0 radical (unpaired) electrons. The van der Waals surface area contributed by atoms with Gasteiger partial charge in [0.1, 0.15) is 11.2 Å². The lowest BCUT2D eigenvalue weighted by molar-refractivity contribution is 0.670. The highest BCUT2D eigenvalue weighted by Crippen LogP contribution is 2.41. The number of rotatable bonds is 2. The van der Waals surface area contributed by atoms with E-state index in [4.69, 9.17) is 14.4 Å². The van der Waals surface area contributed by atoms with E-state index in [0.717, 1.165) is 55.1 Å². The zero-order valence-electron chi connectivity index (χ0n) is 23.5. The van der Waals surface area contributed by atoms with Crippen LogP contribution in [0.3, 0.4) is 0 Å². The molecule has 3 aromatic heterocycles. The molecule has 0 atom stereocenters. The number of hydrogen-bond donors (Lipinski definition) is 0. The number of para-hydroxylation sites is 3. The van der Waals surface area contributed by atoms with Crippen LogP contribution in [-0.4, -0.2) is 14.5 Å². The Kier molecular flexibility index (Phi) is 4.69. The highest BCUT2D eigenvalue weighted by atomic mass is 16.3. The van der Waals surface area contributed by atoms with Crippen molar-refractivity contribution in [1.29, 1.82) is 0 Å². The normalized spacial score (nSPS) is 12.1. The molecule has 0 saturated heterocycles. The molecular weight excluding hydrogens is 538 g/mol. The summed E-state index contributed by atoms with van der Waals surface area (Å²) in [5.41, 5.74) is 6.56. The molecule has 7 aromatic carbocycles. The second kappa shape index (κ2) is 8.76. The van der Waals surface area contributed by atoms with E-state index in [9.17, 15) is 0 Å². The van der Waals surface area contributed by atoms with Crippen molar-refractivity contribution in [2.75, 3.05) is 0 Å². The molecule has 0 N–H and O–H groups in total. The first-order valence-corrected chi connectivity index (χ1v) is 14.8. The minimum absolute atomic E-state index is 0.638. The minimum Gasteiger partial charge on any atom is -0.455 e. The minimum atomic E-state index is 0.638. The first-order valence-electron chi connectivity index (χ1n) is 14.8. The molecule has 0 fully saturated rings. The van der Waals surface area contributed by atoms with E-state index < -0.39 is 0 Å². The molecule has 0 saturated carbocycles. The quantitative estimate of drug-likeness (QED) is 0.211. The molecule has 0 bridgehead atoms. The molecule has 10 aromatic rings. The van der Waals surface area contributed by atoms with Crippen LogP contribution in [-0.2, 0) is 0 Å². The molecule has 0 aliphatic heterocycles. The Bertz CT molecular complexity index is 2790. The van der Waals surface area contributed by atoms with Gasteiger partial charge in [-0.3, -0.25) is 4.57 Å². The van der Waals surface area contributed by atoms with Gasteiger partial charge in [0.05, 0.1) is 22.2 Å². The molecule has 0 amide bonds. The van der Waals surface area contributed by atoms with Gasteiger partial charge in [-0.25, -0.2) is 9.97 Å². The van der Waals surface area contributed by atoms with E-state index >= 15 is 0 Å². The maximum atomic E-state index is 6.65. The predicted octanol–water partition coefficient (Wildman–Crippen LogP) is 10.6. The summed E-state index contributed by atoms with van der Waals surface area (Å²) in [4.78, 5) is 10.5. The van der Waals surface area contributed by atoms with E-state index in [1.807, 2.05) is 12.1 Å². The Labute approximate surface area is 251 Å². The molecule has 0 aliphatic carbocycles. The molecule has 44 heavy (non-hydrogen) atoms. The lowest BCUT2D eigenvalue weighted by Gasteiger charge is -2.12. The average molecular weight is 562 g/mol. The molecule has 204 valence electrons. The van der Waals surface area contributed by atoms with Crippen LogP contribution in [0.2, 0.25) is 0 Å². The second-order valence-electron chi connectivity index (χ2n) is 11.4. The topological polar surface area (TPSA) is 43.9 Å². The van der Waals surface area contributed by atoms with Gasteiger partial charge in [-0.1, -0.05) is 103 Å². The van der Waals surface area contributed by atoms with E-state index in [2.05, 4.69) is 132 Å². The lowest BCUT2D eigenvalue weighted by Crippen LogP contribution is -2.03. The van der Waals surface area contributed by atoms with Crippen LogP contribution in [0.1, 0.15) is 0 Å². The summed E-state index contributed by atoms with van der Waals surface area (Å²) < 4.78 is 8.85. The fraction of sp³-hybridized carbons (Fsp3) is 0. The van der Waals surface area contributed by atoms with Crippen molar-refractivity contribution in [3.8, 4) is 17.2 Å². The van der Waals surface area contributed by atoms with Crippen LogP contribution < -0.4 is 0 Å². The first kappa shape index (κ1) is 23.6. The van der Waals surface area contributed by atoms with Gasteiger partial charge in [0.2, 0.25) is 5.95 Å². The maximum absolute atomic E-state index is 6.65. The van der Waals surface area contributed by atoms with Crippen LogP contribution in [0.25, 0.3) is 93.4 Å². The van der Waals surface area contributed by atoms with Crippen LogP contribution in [0.5, 0.6) is 0 Å². The maximum Gasteiger partial charge on any atom is 0.235 e. The number of fused-ring (bicyclic) bond motifs is 10. The van der Waals surface area contributed by atoms with Gasteiger partial charge in [0.15, 0.2) is 0 Å². The molecule has 4 nitrogen and oxygen atoms in total. The summed E-state index contributed by atoms with van der Waals surface area (Å²) >= 11 is 0. The Balaban J connectivity index is 1.32. The number of hydrogen-bond acceptors (Lipinski definition) is 3. The largest absolute Gasteiger partial charge is 0.455 e. The highest BCUT2D eigenvalue weighted by Gasteiger charge is 2.21. The lowest BCUT2D eigenvalue weighted by atomic mass is 10.0. The predicted molar refractivity (Wildman–Crippen MR) is 182 cm³/mol. The molecule has 10 rings (SSSR count). The van der Waals surface area contributed by atoms with Gasteiger partial charge in [-0.05, 0) is 57.9 Å². The average Bonchev–Trinajstić information content (AvgIpc) is 3.62. The van der Waals surface area contributed by atoms with Crippen LogP contribution in [0.15, 0.2) is 144 Å². The van der Waals surface area contributed by atoms with Crippen LogP contribution in [0, 0.1) is 0 Å². The molecule has 0 spiro atoms. The summed E-state index contributed by atoms with van der Waals surface area (Å²) in [5, 5.41) is 10.3. The number of benzene rings is 7. The molecule has 0 unspecified atom stereocenters. The summed E-state index contributed by atoms with van der Waals surface area (Å²) in [6.07, 6.45) is 0. The third-order valence-electron chi connectivity index (χ3n) is 8.97. The van der Waals surface area contributed by atoms with Crippen molar-refractivity contribution in [3.05, 3.63) is 140 Å². The zero-order valence-corrected chi connectivity index (χ0v) is 23.5. The molecule has 0 aliphatic rings. The summed E-state index contributed by atoms with van der Waals surface area (Å²) in [6.45, 7) is 0. The Morgan fingerprint density at radius 1 is 0.477 bits per heavy atom. The van der Waals surface area contributed by atoms with E-state index in [1.54, 1.807) is 0 Å². The first-order chi connectivity index (χ1) is 21.8. The standard InChI is InChI=1S/C40H23N3O/c1-2-12-26-23-35-32(22-25(26)11-1)28-14-6-8-19-34(28)43(35)40-41-33-18-7-5-15-29(33)38(42-40)31-17-9-16-30-37-27-13-4-3-10-24(27)20-21-36(37)44-39(30)31/h1-23H. The summed E-state index contributed by atoms with van der Waals surface area (Å²) in [5.74, 6) is 0.638. The van der Waals surface area contributed by atoms with Crippen molar-refractivity contribution >= 4 is 76.2 Å². The fourth-order valence-corrected chi connectivity index (χ4v) is 6.99. The zero-order chi connectivity index (χ0) is 28.8. The van der Waals surface area contributed by atoms with Crippen molar-refractivity contribution in [2.45, 2.75) is 0 Å². The van der Waals surface area contributed by atoms with Crippen molar-refractivity contribution in [3.63, 3.8) is 0 Å². The third kappa shape index (κ3) is 3.22. The molecule has 4 heteroatoms. The highest BCUT2D eigenvalue weighted by molar-refractivity contribution is 6.21. The van der Waals surface area contributed by atoms with Crippen LogP contribution in [0.4, 0.5) is 0 Å². The van der Waals surface area contributed by atoms with Gasteiger partial charge in [-0.15, -0.1) is 0 Å². The van der Waals surface area contributed by atoms with Crippen molar-refractivity contribution < 1.29 is 4.42 Å². The van der Waals surface area contributed by atoms with E-state index in [0.29, 0.717) is 5.95 Å². The SMILES string of the molecule is c1ccc2cc3c(cc2c1)c1ccccc1n3-c1nc(-c2cccc3c2oc2ccc4ccccc4c23)c2ccccc2n1. The van der Waals surface area contributed by atoms with Crippen molar-refractivity contribution in [2.24, 2.45) is 0 Å². The van der Waals surface area contributed by atoms with Gasteiger partial charge in [-0.2, -0.15) is 0 Å². The summed E-state index contributed by atoms with van der Waals surface area (Å²) in [6, 6.07) is 48.9.